The molecule has 0 saturated heterocycles. The van der Waals surface area contributed by atoms with Gasteiger partial charge < -0.3 is 20.5 Å². The smallest absolute Gasteiger partial charge is 0.329 e. The van der Waals surface area contributed by atoms with Crippen LogP contribution in [0.2, 0.25) is 0 Å². The number of carboxylic acids is 1. The van der Waals surface area contributed by atoms with E-state index in [-0.39, 0.29) is 0 Å². The third-order valence-corrected chi connectivity index (χ3v) is 4.00. The molecule has 0 aromatic heterocycles. The Hall–Kier alpha value is -1.76. The van der Waals surface area contributed by atoms with E-state index < -0.39 is 17.5 Å². The Bertz CT molecular complexity index is 543. The van der Waals surface area contributed by atoms with Crippen molar-refractivity contribution in [1.82, 2.24) is 5.32 Å². The summed E-state index contributed by atoms with van der Waals surface area (Å²) in [5.74, 6) is -0.341. The van der Waals surface area contributed by atoms with Crippen molar-refractivity contribution in [2.75, 3.05) is 12.4 Å². The van der Waals surface area contributed by atoms with Gasteiger partial charge in [0.2, 0.25) is 0 Å². The normalized spacial score (nSPS) is 15.9. The van der Waals surface area contributed by atoms with Crippen molar-refractivity contribution in [2.24, 2.45) is 0 Å². The van der Waals surface area contributed by atoms with Crippen LogP contribution in [0.3, 0.4) is 0 Å². The number of nitrogens with one attached hydrogen (secondary N) is 2. The number of carbonyl (C=O) groups is 2. The van der Waals surface area contributed by atoms with Gasteiger partial charge in [-0.2, -0.15) is 0 Å². The molecule has 0 radical (unpaired) electrons. The first-order chi connectivity index (χ1) is 9.47. The maximum atomic E-state index is 11.9. The molecule has 1 fully saturated rings. The number of urea groups is 1. The van der Waals surface area contributed by atoms with Crippen LogP contribution in [0.5, 0.6) is 5.75 Å². The SMILES string of the molecule is COc1ccc(NC(=O)NC2(C(=O)O)CCC2)cc1Br. The number of rotatable bonds is 4. The number of hydrogen-bond acceptors (Lipinski definition) is 3. The zero-order valence-electron chi connectivity index (χ0n) is 10.9. The highest BCUT2D eigenvalue weighted by molar-refractivity contribution is 9.10. The fourth-order valence-corrected chi connectivity index (χ4v) is 2.59. The van der Waals surface area contributed by atoms with E-state index >= 15 is 0 Å². The molecule has 1 aliphatic rings. The van der Waals surface area contributed by atoms with E-state index in [0.29, 0.717) is 28.8 Å². The standard InChI is InChI=1S/C13H15BrN2O4/c1-20-10-4-3-8(7-9(10)14)15-12(19)16-13(11(17)18)5-2-6-13/h3-4,7H,2,5-6H2,1H3,(H,17,18)(H2,15,16,19). The minimum absolute atomic E-state index is 0.460. The van der Waals surface area contributed by atoms with Gasteiger partial charge in [0.25, 0.3) is 0 Å². The Labute approximate surface area is 124 Å². The Morgan fingerprint density at radius 1 is 1.40 bits per heavy atom. The van der Waals surface area contributed by atoms with E-state index in [0.717, 1.165) is 6.42 Å². The molecule has 1 saturated carbocycles. The second-order valence-corrected chi connectivity index (χ2v) is 5.52. The number of aliphatic carboxylic acids is 1. The van der Waals surface area contributed by atoms with Crippen molar-refractivity contribution >= 4 is 33.6 Å². The van der Waals surface area contributed by atoms with E-state index in [4.69, 9.17) is 9.84 Å². The van der Waals surface area contributed by atoms with Crippen LogP contribution in [0.1, 0.15) is 19.3 Å². The van der Waals surface area contributed by atoms with E-state index in [2.05, 4.69) is 26.6 Å². The highest BCUT2D eigenvalue weighted by Crippen LogP contribution is 2.32. The first-order valence-electron chi connectivity index (χ1n) is 6.13. The summed E-state index contributed by atoms with van der Waals surface area (Å²) in [7, 11) is 1.55. The number of anilines is 1. The highest BCUT2D eigenvalue weighted by Gasteiger charge is 2.45. The third kappa shape index (κ3) is 2.87. The topological polar surface area (TPSA) is 87.7 Å². The van der Waals surface area contributed by atoms with Gasteiger partial charge in [0.15, 0.2) is 0 Å². The van der Waals surface area contributed by atoms with Crippen LogP contribution in [0.4, 0.5) is 10.5 Å². The monoisotopic (exact) mass is 342 g/mol. The fourth-order valence-electron chi connectivity index (χ4n) is 2.05. The molecule has 3 N–H and O–H groups in total. The largest absolute Gasteiger partial charge is 0.496 e. The van der Waals surface area contributed by atoms with E-state index in [9.17, 15) is 9.59 Å². The van der Waals surface area contributed by atoms with Crippen molar-refractivity contribution in [2.45, 2.75) is 24.8 Å². The van der Waals surface area contributed by atoms with Gasteiger partial charge in [-0.25, -0.2) is 9.59 Å². The summed E-state index contributed by atoms with van der Waals surface area (Å²) in [4.78, 5) is 23.0. The molecule has 0 spiro atoms. The van der Waals surface area contributed by atoms with Gasteiger partial charge in [-0.3, -0.25) is 0 Å². The average molecular weight is 343 g/mol. The average Bonchev–Trinajstić information content (AvgIpc) is 2.33. The number of methoxy groups -OCH3 is 1. The number of carbonyl (C=O) groups excluding carboxylic acids is 1. The molecule has 0 bridgehead atoms. The van der Waals surface area contributed by atoms with Crippen LogP contribution in [-0.4, -0.2) is 29.8 Å². The van der Waals surface area contributed by atoms with Crippen LogP contribution < -0.4 is 15.4 Å². The predicted molar refractivity (Wildman–Crippen MR) is 77.1 cm³/mol. The lowest BCUT2D eigenvalue weighted by molar-refractivity contribution is -0.148. The summed E-state index contributed by atoms with van der Waals surface area (Å²) >= 11 is 3.32. The molecular weight excluding hydrogens is 328 g/mol. The van der Waals surface area contributed by atoms with Crippen LogP contribution >= 0.6 is 15.9 Å². The fraction of sp³-hybridized carbons (Fsp3) is 0.385. The summed E-state index contributed by atoms with van der Waals surface area (Å²) in [6.07, 6.45) is 1.73. The van der Waals surface area contributed by atoms with Gasteiger partial charge in [-0.15, -0.1) is 0 Å². The van der Waals surface area contributed by atoms with Crippen molar-refractivity contribution in [3.8, 4) is 5.75 Å². The Balaban J connectivity index is 2.01. The summed E-state index contributed by atoms with van der Waals surface area (Å²) < 4.78 is 5.79. The van der Waals surface area contributed by atoms with Gasteiger partial charge in [0, 0.05) is 5.69 Å². The van der Waals surface area contributed by atoms with Crippen molar-refractivity contribution in [3.05, 3.63) is 22.7 Å². The van der Waals surface area contributed by atoms with Crippen molar-refractivity contribution < 1.29 is 19.4 Å². The quantitative estimate of drug-likeness (QED) is 0.784. The van der Waals surface area contributed by atoms with E-state index in [1.807, 2.05) is 0 Å². The van der Waals surface area contributed by atoms with Crippen LogP contribution in [0.25, 0.3) is 0 Å². The maximum Gasteiger partial charge on any atom is 0.329 e. The Morgan fingerprint density at radius 2 is 2.10 bits per heavy atom. The molecule has 7 heteroatoms. The third-order valence-electron chi connectivity index (χ3n) is 3.38. The number of ether oxygens (including phenoxy) is 1. The molecule has 0 atom stereocenters. The van der Waals surface area contributed by atoms with Gasteiger partial charge >= 0.3 is 12.0 Å². The summed E-state index contributed by atoms with van der Waals surface area (Å²) in [6.45, 7) is 0. The Kier molecular flexibility index (Phi) is 4.17. The van der Waals surface area contributed by atoms with Crippen LogP contribution in [0, 0.1) is 0 Å². The molecule has 0 unspecified atom stereocenters. The first-order valence-corrected chi connectivity index (χ1v) is 6.92. The van der Waals surface area contributed by atoms with Crippen LogP contribution in [0.15, 0.2) is 22.7 Å². The molecule has 2 amide bonds. The molecule has 1 aliphatic carbocycles. The highest BCUT2D eigenvalue weighted by atomic mass is 79.9. The molecule has 108 valence electrons. The van der Waals surface area contributed by atoms with E-state index in [1.54, 1.807) is 25.3 Å². The lowest BCUT2D eigenvalue weighted by Gasteiger charge is -2.38. The van der Waals surface area contributed by atoms with Gasteiger partial charge in [-0.1, -0.05) is 0 Å². The van der Waals surface area contributed by atoms with Gasteiger partial charge in [0.05, 0.1) is 11.6 Å². The second kappa shape index (κ2) is 5.70. The molecule has 6 nitrogen and oxygen atoms in total. The zero-order chi connectivity index (χ0) is 14.8. The zero-order valence-corrected chi connectivity index (χ0v) is 12.5. The molecule has 1 aromatic carbocycles. The minimum Gasteiger partial charge on any atom is -0.496 e. The molecule has 20 heavy (non-hydrogen) atoms. The molecule has 0 heterocycles. The van der Waals surface area contributed by atoms with Crippen molar-refractivity contribution in [1.29, 1.82) is 0 Å². The van der Waals surface area contributed by atoms with Crippen molar-refractivity contribution in [3.63, 3.8) is 0 Å². The summed E-state index contributed by atoms with van der Waals surface area (Å²) in [5.41, 5.74) is -0.566. The second-order valence-electron chi connectivity index (χ2n) is 4.67. The lowest BCUT2D eigenvalue weighted by atomic mass is 9.77. The van der Waals surface area contributed by atoms with E-state index in [1.165, 1.54) is 0 Å². The van der Waals surface area contributed by atoms with Gasteiger partial charge in [0.1, 0.15) is 11.3 Å². The maximum absolute atomic E-state index is 11.9. The molecular formula is C13H15BrN2O4. The molecule has 2 rings (SSSR count). The first kappa shape index (κ1) is 14.6. The molecule has 1 aromatic rings. The predicted octanol–water partition coefficient (Wildman–Crippen LogP) is 2.59. The lowest BCUT2D eigenvalue weighted by Crippen LogP contribution is -2.60. The molecule has 0 aliphatic heterocycles. The minimum atomic E-state index is -1.12. The van der Waals surface area contributed by atoms with Crippen LogP contribution in [-0.2, 0) is 4.79 Å². The summed E-state index contributed by atoms with van der Waals surface area (Å²) in [6, 6.07) is 4.55. The number of amides is 2. The summed E-state index contributed by atoms with van der Waals surface area (Å²) in [5, 5.41) is 14.3. The number of hydrogen-bond donors (Lipinski definition) is 3. The van der Waals surface area contributed by atoms with Gasteiger partial charge in [-0.05, 0) is 53.4 Å². The Morgan fingerprint density at radius 3 is 2.55 bits per heavy atom. The number of benzene rings is 1. The number of halogens is 1. The number of carboxylic acid groups (broad SMARTS) is 1.